The number of rotatable bonds is 6. The average Bonchev–Trinajstić information content (AvgIpc) is 1.89. The SMILES string of the molecule is CCCCONNC=O. The maximum Gasteiger partial charge on any atom is 0.223 e. The predicted octanol–water partition coefficient (Wildman–Crippen LogP) is -0.0313. The standard InChI is InChI=1S/C5H12N2O2/c1-2-3-4-9-7-6-5-8/h5,7H,2-4H2,1H3,(H,6,8). The Kier molecular flexibility index (Phi) is 6.89. The van der Waals surface area contributed by atoms with Crippen LogP contribution in [0.2, 0.25) is 0 Å². The van der Waals surface area contributed by atoms with E-state index in [0.717, 1.165) is 12.8 Å². The maximum atomic E-state index is 9.58. The van der Waals surface area contributed by atoms with E-state index in [0.29, 0.717) is 13.0 Å². The molecule has 0 aromatic heterocycles. The highest BCUT2D eigenvalue weighted by atomic mass is 16.7. The molecule has 0 aromatic rings. The molecule has 0 aliphatic rings. The lowest BCUT2D eigenvalue weighted by Crippen LogP contribution is -2.30. The summed E-state index contributed by atoms with van der Waals surface area (Å²) in [6, 6.07) is 0. The number of hydrazine groups is 1. The molecule has 4 heteroatoms. The third-order valence-corrected chi connectivity index (χ3v) is 0.790. The van der Waals surface area contributed by atoms with E-state index in [1.807, 2.05) is 0 Å². The van der Waals surface area contributed by atoms with Gasteiger partial charge < -0.3 is 0 Å². The highest BCUT2D eigenvalue weighted by molar-refractivity contribution is 5.44. The second kappa shape index (κ2) is 7.39. The van der Waals surface area contributed by atoms with Gasteiger partial charge in [0, 0.05) is 0 Å². The van der Waals surface area contributed by atoms with Crippen molar-refractivity contribution in [2.45, 2.75) is 19.8 Å². The second-order valence-electron chi connectivity index (χ2n) is 1.57. The first-order valence-corrected chi connectivity index (χ1v) is 2.97. The third-order valence-electron chi connectivity index (χ3n) is 0.790. The van der Waals surface area contributed by atoms with E-state index in [-0.39, 0.29) is 0 Å². The minimum atomic E-state index is 0.520. The van der Waals surface area contributed by atoms with Gasteiger partial charge in [0.1, 0.15) is 0 Å². The normalized spacial score (nSPS) is 9.00. The van der Waals surface area contributed by atoms with Gasteiger partial charge in [0.25, 0.3) is 0 Å². The summed E-state index contributed by atoms with van der Waals surface area (Å²) in [5, 5.41) is 0. The zero-order chi connectivity index (χ0) is 6.95. The molecule has 0 heterocycles. The Morgan fingerprint density at radius 2 is 2.44 bits per heavy atom. The van der Waals surface area contributed by atoms with E-state index in [2.05, 4.69) is 17.9 Å². The van der Waals surface area contributed by atoms with Gasteiger partial charge in [-0.25, -0.2) is 0 Å². The largest absolute Gasteiger partial charge is 0.282 e. The lowest BCUT2D eigenvalue weighted by molar-refractivity contribution is -0.115. The Bertz CT molecular complexity index is 68.0. The molecule has 1 amide bonds. The summed E-state index contributed by atoms with van der Waals surface area (Å²) in [7, 11) is 0. The molecule has 0 radical (unpaired) electrons. The van der Waals surface area contributed by atoms with E-state index < -0.39 is 0 Å². The molecule has 54 valence electrons. The highest BCUT2D eigenvalue weighted by Crippen LogP contribution is 1.83. The van der Waals surface area contributed by atoms with Gasteiger partial charge >= 0.3 is 0 Å². The predicted molar refractivity (Wildman–Crippen MR) is 33.2 cm³/mol. The van der Waals surface area contributed by atoms with Gasteiger partial charge in [-0.3, -0.25) is 15.1 Å². The number of carbonyl (C=O) groups excluding carboxylic acids is 1. The number of unbranched alkanes of at least 4 members (excludes halogenated alkanes) is 1. The van der Waals surface area contributed by atoms with Crippen LogP contribution in [0.4, 0.5) is 0 Å². The van der Waals surface area contributed by atoms with Crippen LogP contribution in [-0.2, 0) is 9.63 Å². The molecule has 0 aliphatic carbocycles. The van der Waals surface area contributed by atoms with Gasteiger partial charge in [-0.1, -0.05) is 13.3 Å². The Morgan fingerprint density at radius 1 is 1.67 bits per heavy atom. The molecule has 0 bridgehead atoms. The molecule has 9 heavy (non-hydrogen) atoms. The summed E-state index contributed by atoms with van der Waals surface area (Å²) >= 11 is 0. The van der Waals surface area contributed by atoms with Crippen LogP contribution >= 0.6 is 0 Å². The fraction of sp³-hybridized carbons (Fsp3) is 0.800. The van der Waals surface area contributed by atoms with Gasteiger partial charge in [0.15, 0.2) is 0 Å². The molecule has 0 aromatic carbocycles. The van der Waals surface area contributed by atoms with E-state index in [9.17, 15) is 4.79 Å². The first-order valence-electron chi connectivity index (χ1n) is 2.97. The Hall–Kier alpha value is -0.610. The number of carbonyl (C=O) groups is 1. The summed E-state index contributed by atoms with van der Waals surface area (Å²) in [5.41, 5.74) is 4.41. The summed E-state index contributed by atoms with van der Waals surface area (Å²) < 4.78 is 0. The van der Waals surface area contributed by atoms with Crippen LogP contribution in [0.5, 0.6) is 0 Å². The number of nitrogens with one attached hydrogen (secondary N) is 2. The van der Waals surface area contributed by atoms with Crippen molar-refractivity contribution >= 4 is 6.41 Å². The van der Waals surface area contributed by atoms with Gasteiger partial charge in [0.2, 0.25) is 6.41 Å². The number of amides is 1. The minimum Gasteiger partial charge on any atom is -0.282 e. The van der Waals surface area contributed by atoms with Crippen LogP contribution in [0, 0.1) is 0 Å². The average molecular weight is 132 g/mol. The van der Waals surface area contributed by atoms with Crippen molar-refractivity contribution < 1.29 is 9.63 Å². The number of hydrogen-bond donors (Lipinski definition) is 2. The molecule has 0 atom stereocenters. The summed E-state index contributed by atoms with van der Waals surface area (Å²) in [5.74, 6) is 0. The first-order chi connectivity index (χ1) is 4.41. The fourth-order valence-electron chi connectivity index (χ4n) is 0.333. The van der Waals surface area contributed by atoms with Crippen molar-refractivity contribution in [3.05, 3.63) is 0 Å². The van der Waals surface area contributed by atoms with Gasteiger partial charge in [-0.05, 0) is 6.42 Å². The third kappa shape index (κ3) is 7.39. The fourth-order valence-corrected chi connectivity index (χ4v) is 0.333. The van der Waals surface area contributed by atoms with Crippen LogP contribution in [-0.4, -0.2) is 13.0 Å². The molecular weight excluding hydrogens is 120 g/mol. The highest BCUT2D eigenvalue weighted by Gasteiger charge is 1.81. The molecule has 0 aliphatic heterocycles. The van der Waals surface area contributed by atoms with E-state index in [1.165, 1.54) is 0 Å². The molecular formula is C5H12N2O2. The van der Waals surface area contributed by atoms with E-state index >= 15 is 0 Å². The van der Waals surface area contributed by atoms with Gasteiger partial charge in [-0.15, -0.1) is 5.59 Å². The zero-order valence-corrected chi connectivity index (χ0v) is 5.52. The van der Waals surface area contributed by atoms with Crippen molar-refractivity contribution in [3.63, 3.8) is 0 Å². The molecule has 2 N–H and O–H groups in total. The summed E-state index contributed by atoms with van der Waals surface area (Å²) in [6.45, 7) is 2.69. The maximum absolute atomic E-state index is 9.58. The van der Waals surface area contributed by atoms with Crippen molar-refractivity contribution in [3.8, 4) is 0 Å². The lowest BCUT2D eigenvalue weighted by atomic mass is 10.4. The molecule has 0 unspecified atom stereocenters. The van der Waals surface area contributed by atoms with Crippen LogP contribution < -0.4 is 11.0 Å². The van der Waals surface area contributed by atoms with Crippen LogP contribution in [0.25, 0.3) is 0 Å². The summed E-state index contributed by atoms with van der Waals surface area (Å²) in [6.07, 6.45) is 2.60. The van der Waals surface area contributed by atoms with Gasteiger partial charge in [-0.2, -0.15) is 0 Å². The minimum absolute atomic E-state index is 0.520. The smallest absolute Gasteiger partial charge is 0.223 e. The lowest BCUT2D eigenvalue weighted by Gasteiger charge is -2.00. The molecule has 0 saturated carbocycles. The van der Waals surface area contributed by atoms with Crippen molar-refractivity contribution in [2.24, 2.45) is 0 Å². The quantitative estimate of drug-likeness (QED) is 0.303. The van der Waals surface area contributed by atoms with Crippen molar-refractivity contribution in [2.75, 3.05) is 6.61 Å². The van der Waals surface area contributed by atoms with Crippen LogP contribution in [0.15, 0.2) is 0 Å². The monoisotopic (exact) mass is 132 g/mol. The topological polar surface area (TPSA) is 50.4 Å². The molecule has 0 spiro atoms. The van der Waals surface area contributed by atoms with Gasteiger partial charge in [0.05, 0.1) is 6.61 Å². The van der Waals surface area contributed by atoms with Crippen LogP contribution in [0.1, 0.15) is 19.8 Å². The summed E-state index contributed by atoms with van der Waals surface area (Å²) in [4.78, 5) is 14.3. The Morgan fingerprint density at radius 3 is 3.00 bits per heavy atom. The number of hydrogen-bond acceptors (Lipinski definition) is 3. The molecule has 0 saturated heterocycles. The van der Waals surface area contributed by atoms with Crippen molar-refractivity contribution in [1.29, 1.82) is 0 Å². The van der Waals surface area contributed by atoms with Crippen molar-refractivity contribution in [1.82, 2.24) is 11.0 Å². The zero-order valence-electron chi connectivity index (χ0n) is 5.52. The Labute approximate surface area is 54.5 Å². The molecule has 0 fully saturated rings. The van der Waals surface area contributed by atoms with Crippen LogP contribution in [0.3, 0.4) is 0 Å². The second-order valence-corrected chi connectivity index (χ2v) is 1.57. The Balaban J connectivity index is 2.66. The van der Waals surface area contributed by atoms with E-state index in [1.54, 1.807) is 0 Å². The first kappa shape index (κ1) is 8.39. The molecule has 4 nitrogen and oxygen atoms in total. The van der Waals surface area contributed by atoms with E-state index in [4.69, 9.17) is 4.84 Å². The molecule has 0 rings (SSSR count).